The molecule has 1 fully saturated rings. The van der Waals surface area contributed by atoms with Crippen LogP contribution in [0, 0.1) is 6.92 Å². The third-order valence-corrected chi connectivity index (χ3v) is 6.65. The Bertz CT molecular complexity index is 568. The van der Waals surface area contributed by atoms with Gasteiger partial charge >= 0.3 is 0 Å². The summed E-state index contributed by atoms with van der Waals surface area (Å²) in [7, 11) is -3.57. The summed E-state index contributed by atoms with van der Waals surface area (Å²) in [5.41, 5.74) is 1.00. The van der Waals surface area contributed by atoms with Crippen molar-refractivity contribution in [3.05, 3.63) is 28.2 Å². The van der Waals surface area contributed by atoms with Crippen LogP contribution in [0.25, 0.3) is 0 Å². The van der Waals surface area contributed by atoms with Crippen molar-refractivity contribution in [1.82, 2.24) is 4.31 Å². The topological polar surface area (TPSA) is 57.6 Å². The molecule has 0 unspecified atom stereocenters. The third-order valence-electron chi connectivity index (χ3n) is 3.73. The molecule has 0 bridgehead atoms. The van der Waals surface area contributed by atoms with Crippen LogP contribution in [-0.4, -0.2) is 37.0 Å². The van der Waals surface area contributed by atoms with E-state index < -0.39 is 10.0 Å². The molecule has 1 aromatic carbocycles. The van der Waals surface area contributed by atoms with E-state index in [4.69, 9.17) is 0 Å². The second kappa shape index (κ2) is 6.56. The van der Waals surface area contributed by atoms with E-state index in [0.29, 0.717) is 4.47 Å². The maximum atomic E-state index is 12.8. The van der Waals surface area contributed by atoms with Crippen LogP contribution in [0.15, 0.2) is 27.6 Å². The summed E-state index contributed by atoms with van der Waals surface area (Å²) >= 11 is 3.34. The molecule has 1 aromatic rings. The zero-order valence-corrected chi connectivity index (χ0v) is 14.0. The quantitative estimate of drug-likeness (QED) is 0.876. The number of nitrogens with zero attached hydrogens (tertiary/aromatic N) is 1. The molecule has 0 amide bonds. The van der Waals surface area contributed by atoms with Gasteiger partial charge in [-0.3, -0.25) is 0 Å². The number of rotatable bonds is 5. The summed E-state index contributed by atoms with van der Waals surface area (Å²) in [5.74, 6) is 0. The van der Waals surface area contributed by atoms with Gasteiger partial charge in [-0.1, -0.05) is 18.9 Å². The molecule has 0 saturated heterocycles. The molecule has 0 spiro atoms. The fraction of sp³-hybridized carbons (Fsp3) is 0.571. The first-order valence-corrected chi connectivity index (χ1v) is 9.09. The second-order valence-electron chi connectivity index (χ2n) is 5.21. The zero-order valence-electron chi connectivity index (χ0n) is 11.5. The van der Waals surface area contributed by atoms with Crippen molar-refractivity contribution < 1.29 is 13.5 Å². The van der Waals surface area contributed by atoms with Crippen molar-refractivity contribution in [2.24, 2.45) is 0 Å². The Labute approximate surface area is 129 Å². The molecule has 0 heterocycles. The Hall–Kier alpha value is -0.430. The lowest BCUT2D eigenvalue weighted by Crippen LogP contribution is -2.40. The summed E-state index contributed by atoms with van der Waals surface area (Å²) in [6.07, 6.45) is 3.86. The fourth-order valence-electron chi connectivity index (χ4n) is 2.73. The first kappa shape index (κ1) is 15.9. The van der Waals surface area contributed by atoms with Crippen molar-refractivity contribution in [3.63, 3.8) is 0 Å². The molecule has 2 rings (SSSR count). The minimum Gasteiger partial charge on any atom is -0.395 e. The lowest BCUT2D eigenvalue weighted by molar-refractivity contribution is 0.226. The molecular weight excluding hydrogens is 342 g/mol. The van der Waals surface area contributed by atoms with Gasteiger partial charge < -0.3 is 5.11 Å². The van der Waals surface area contributed by atoms with E-state index >= 15 is 0 Å². The SMILES string of the molecule is Cc1ccc(S(=O)(=O)N(CCO)C2CCCC2)c(Br)c1. The number of aliphatic hydroxyl groups excluding tert-OH is 1. The zero-order chi connectivity index (χ0) is 14.8. The summed E-state index contributed by atoms with van der Waals surface area (Å²) in [5, 5.41) is 9.20. The van der Waals surface area contributed by atoms with Crippen LogP contribution >= 0.6 is 15.9 Å². The molecule has 1 aliphatic carbocycles. The first-order valence-electron chi connectivity index (χ1n) is 6.85. The van der Waals surface area contributed by atoms with E-state index in [1.54, 1.807) is 18.2 Å². The summed E-state index contributed by atoms with van der Waals surface area (Å²) in [6.45, 7) is 1.93. The van der Waals surface area contributed by atoms with Crippen LogP contribution in [0.1, 0.15) is 31.2 Å². The maximum Gasteiger partial charge on any atom is 0.244 e. The fourth-order valence-corrected chi connectivity index (χ4v) is 5.56. The highest BCUT2D eigenvalue weighted by molar-refractivity contribution is 9.10. The third kappa shape index (κ3) is 3.24. The standard InChI is InChI=1S/C14H20BrNO3S/c1-11-6-7-14(13(15)10-11)20(18,19)16(8-9-17)12-4-2-3-5-12/h6-7,10,12,17H,2-5,8-9H2,1H3. The molecule has 6 heteroatoms. The highest BCUT2D eigenvalue weighted by atomic mass is 79.9. The van der Waals surface area contributed by atoms with Gasteiger partial charge in [0.2, 0.25) is 10.0 Å². The Morgan fingerprint density at radius 1 is 1.35 bits per heavy atom. The van der Waals surface area contributed by atoms with E-state index in [1.807, 2.05) is 6.92 Å². The number of hydrogen-bond acceptors (Lipinski definition) is 3. The minimum absolute atomic E-state index is 0.0142. The Balaban J connectivity index is 2.39. The lowest BCUT2D eigenvalue weighted by atomic mass is 10.2. The van der Waals surface area contributed by atoms with Crippen molar-refractivity contribution in [3.8, 4) is 0 Å². The van der Waals surface area contributed by atoms with E-state index in [1.165, 1.54) is 4.31 Å². The van der Waals surface area contributed by atoms with Gasteiger partial charge in [0.05, 0.1) is 11.5 Å². The number of benzene rings is 1. The second-order valence-corrected chi connectivity index (χ2v) is 7.92. The molecule has 4 nitrogen and oxygen atoms in total. The van der Waals surface area contributed by atoms with E-state index in [0.717, 1.165) is 31.2 Å². The highest BCUT2D eigenvalue weighted by Gasteiger charge is 2.33. The largest absolute Gasteiger partial charge is 0.395 e. The molecule has 1 N–H and O–H groups in total. The number of aliphatic hydroxyl groups is 1. The Morgan fingerprint density at radius 3 is 2.55 bits per heavy atom. The molecule has 0 aliphatic heterocycles. The van der Waals surface area contributed by atoms with Gasteiger partial charge in [-0.05, 0) is 53.4 Å². The van der Waals surface area contributed by atoms with Crippen molar-refractivity contribution in [1.29, 1.82) is 0 Å². The van der Waals surface area contributed by atoms with E-state index in [9.17, 15) is 13.5 Å². The summed E-state index contributed by atoms with van der Waals surface area (Å²) < 4.78 is 27.7. The maximum absolute atomic E-state index is 12.8. The Morgan fingerprint density at radius 2 is 2.00 bits per heavy atom. The summed E-state index contributed by atoms with van der Waals surface area (Å²) in [6, 6.07) is 5.25. The summed E-state index contributed by atoms with van der Waals surface area (Å²) in [4.78, 5) is 0.281. The molecule has 20 heavy (non-hydrogen) atoms. The average molecular weight is 362 g/mol. The van der Waals surface area contributed by atoms with Gasteiger partial charge in [-0.15, -0.1) is 0 Å². The van der Waals surface area contributed by atoms with Gasteiger partial charge in [0, 0.05) is 17.1 Å². The van der Waals surface area contributed by atoms with Gasteiger partial charge in [0.25, 0.3) is 0 Å². The number of hydrogen-bond donors (Lipinski definition) is 1. The van der Waals surface area contributed by atoms with Crippen LogP contribution in [0.3, 0.4) is 0 Å². The number of halogens is 1. The molecule has 112 valence electrons. The van der Waals surface area contributed by atoms with Crippen LogP contribution in [-0.2, 0) is 10.0 Å². The minimum atomic E-state index is -3.57. The van der Waals surface area contributed by atoms with Crippen molar-refractivity contribution in [2.75, 3.05) is 13.2 Å². The van der Waals surface area contributed by atoms with Gasteiger partial charge in [0.15, 0.2) is 0 Å². The van der Waals surface area contributed by atoms with Crippen molar-refractivity contribution in [2.45, 2.75) is 43.5 Å². The number of aryl methyl sites for hydroxylation is 1. The van der Waals surface area contributed by atoms with Crippen molar-refractivity contribution >= 4 is 26.0 Å². The lowest BCUT2D eigenvalue weighted by Gasteiger charge is -2.27. The molecular formula is C14H20BrNO3S. The molecule has 1 saturated carbocycles. The number of sulfonamides is 1. The van der Waals surface area contributed by atoms with Gasteiger partial charge in [-0.2, -0.15) is 4.31 Å². The van der Waals surface area contributed by atoms with E-state index in [2.05, 4.69) is 15.9 Å². The normalized spacial score (nSPS) is 17.0. The van der Waals surface area contributed by atoms with Gasteiger partial charge in [0.1, 0.15) is 0 Å². The molecule has 1 aliphatic rings. The van der Waals surface area contributed by atoms with Gasteiger partial charge in [-0.25, -0.2) is 8.42 Å². The van der Waals surface area contributed by atoms with Crippen LogP contribution in [0.4, 0.5) is 0 Å². The molecule has 0 aromatic heterocycles. The highest BCUT2D eigenvalue weighted by Crippen LogP contribution is 2.31. The monoisotopic (exact) mass is 361 g/mol. The predicted molar refractivity (Wildman–Crippen MR) is 82.1 cm³/mol. The van der Waals surface area contributed by atoms with Crippen LogP contribution in [0.2, 0.25) is 0 Å². The van der Waals surface area contributed by atoms with Crippen LogP contribution in [0.5, 0.6) is 0 Å². The first-order chi connectivity index (χ1) is 9.46. The Kier molecular flexibility index (Phi) is 5.23. The predicted octanol–water partition coefficient (Wildman–Crippen LogP) is 2.68. The smallest absolute Gasteiger partial charge is 0.244 e. The average Bonchev–Trinajstić information content (AvgIpc) is 2.88. The molecule has 0 radical (unpaired) electrons. The van der Waals surface area contributed by atoms with Crippen LogP contribution < -0.4 is 0 Å². The van der Waals surface area contributed by atoms with E-state index in [-0.39, 0.29) is 24.1 Å². The molecule has 0 atom stereocenters.